The van der Waals surface area contributed by atoms with Crippen LogP contribution in [0.25, 0.3) is 11.1 Å². The summed E-state index contributed by atoms with van der Waals surface area (Å²) < 4.78 is 6.24. The molecule has 1 N–H and O–H groups in total. The number of aryl methyl sites for hydroxylation is 1. The van der Waals surface area contributed by atoms with Crippen molar-refractivity contribution in [3.8, 4) is 0 Å². The van der Waals surface area contributed by atoms with Crippen molar-refractivity contribution in [2.24, 2.45) is 0 Å². The maximum Gasteiger partial charge on any atom is 0.181 e. The van der Waals surface area contributed by atoms with E-state index >= 15 is 0 Å². The summed E-state index contributed by atoms with van der Waals surface area (Å²) in [6.45, 7) is 2.01. The van der Waals surface area contributed by atoms with E-state index in [0.717, 1.165) is 32.6 Å². The molecule has 0 aliphatic rings. The first kappa shape index (κ1) is 11.2. The second-order valence-electron chi connectivity index (χ2n) is 3.98. The average Bonchev–Trinajstić information content (AvgIpc) is 2.80. The zero-order valence-electron chi connectivity index (χ0n) is 9.64. The van der Waals surface area contributed by atoms with Crippen molar-refractivity contribution >= 4 is 38.5 Å². The molecule has 0 aliphatic heterocycles. The Labute approximate surface area is 112 Å². The first-order valence-corrected chi connectivity index (χ1v) is 6.24. The van der Waals surface area contributed by atoms with Gasteiger partial charge in [0.15, 0.2) is 12.0 Å². The molecule has 0 atom stereocenters. The zero-order chi connectivity index (χ0) is 12.5. The Morgan fingerprint density at radius 1 is 1.22 bits per heavy atom. The van der Waals surface area contributed by atoms with Gasteiger partial charge in [-0.2, -0.15) is 0 Å². The number of rotatable bonds is 2. The van der Waals surface area contributed by atoms with Crippen LogP contribution in [-0.2, 0) is 0 Å². The van der Waals surface area contributed by atoms with E-state index in [2.05, 4.69) is 31.2 Å². The number of oxazole rings is 1. The van der Waals surface area contributed by atoms with Crippen LogP contribution in [-0.4, -0.2) is 9.97 Å². The van der Waals surface area contributed by atoms with Gasteiger partial charge in [0.2, 0.25) is 0 Å². The van der Waals surface area contributed by atoms with E-state index in [4.69, 9.17) is 4.42 Å². The number of benzene rings is 1. The normalized spacial score (nSPS) is 10.8. The fraction of sp³-hybridized carbons (Fsp3) is 0.0769. The second-order valence-corrected chi connectivity index (χ2v) is 4.89. The Balaban J connectivity index is 1.95. The quantitative estimate of drug-likeness (QED) is 0.776. The Morgan fingerprint density at radius 3 is 2.94 bits per heavy atom. The molecule has 0 saturated carbocycles. The summed E-state index contributed by atoms with van der Waals surface area (Å²) in [4.78, 5) is 8.42. The number of anilines is 2. The molecule has 0 radical (unpaired) electrons. The van der Waals surface area contributed by atoms with Gasteiger partial charge in [-0.05, 0) is 46.6 Å². The van der Waals surface area contributed by atoms with Gasteiger partial charge in [0.05, 0.1) is 0 Å². The van der Waals surface area contributed by atoms with Crippen LogP contribution in [0, 0.1) is 6.92 Å². The molecule has 0 fully saturated rings. The fourth-order valence-corrected chi connectivity index (χ4v) is 2.19. The summed E-state index contributed by atoms with van der Waals surface area (Å²) >= 11 is 3.40. The lowest BCUT2D eigenvalue weighted by molar-refractivity contribution is 0.602. The monoisotopic (exact) mass is 303 g/mol. The number of hydrogen-bond acceptors (Lipinski definition) is 4. The van der Waals surface area contributed by atoms with Crippen molar-refractivity contribution in [3.05, 3.63) is 46.9 Å². The average molecular weight is 304 g/mol. The number of hydrogen-bond donors (Lipinski definition) is 1. The van der Waals surface area contributed by atoms with Crippen molar-refractivity contribution in [1.29, 1.82) is 0 Å². The van der Waals surface area contributed by atoms with Gasteiger partial charge in [-0.15, -0.1) is 0 Å². The molecule has 5 heteroatoms. The molecule has 0 spiro atoms. The summed E-state index contributed by atoms with van der Waals surface area (Å²) in [7, 11) is 0. The molecule has 0 aliphatic carbocycles. The molecule has 3 rings (SSSR count). The van der Waals surface area contributed by atoms with E-state index in [0.29, 0.717) is 0 Å². The third kappa shape index (κ3) is 2.09. The Hall–Kier alpha value is -1.88. The SMILES string of the molecule is Cc1cc(Br)cnc1Nc1ccc2ncoc2c1. The molecule has 0 saturated heterocycles. The van der Waals surface area contributed by atoms with Crippen LogP contribution in [0.2, 0.25) is 0 Å². The van der Waals surface area contributed by atoms with Gasteiger partial charge in [-0.25, -0.2) is 9.97 Å². The van der Waals surface area contributed by atoms with Crippen LogP contribution in [0.1, 0.15) is 5.56 Å². The highest BCUT2D eigenvalue weighted by Crippen LogP contribution is 2.23. The number of halogens is 1. The van der Waals surface area contributed by atoms with Crippen LogP contribution in [0.5, 0.6) is 0 Å². The number of nitrogens with zero attached hydrogens (tertiary/aromatic N) is 2. The molecule has 0 amide bonds. The first-order valence-electron chi connectivity index (χ1n) is 5.45. The molecular weight excluding hydrogens is 294 g/mol. The number of nitrogens with one attached hydrogen (secondary N) is 1. The predicted octanol–water partition coefficient (Wildman–Crippen LogP) is 4.04. The standard InChI is InChI=1S/C13H10BrN3O/c1-8-4-9(14)6-15-13(8)17-10-2-3-11-12(5-10)18-7-16-11/h2-7H,1H3,(H,15,17). The van der Waals surface area contributed by atoms with Gasteiger partial charge in [0.1, 0.15) is 11.3 Å². The van der Waals surface area contributed by atoms with E-state index in [1.54, 1.807) is 6.20 Å². The lowest BCUT2D eigenvalue weighted by atomic mass is 10.2. The summed E-state index contributed by atoms with van der Waals surface area (Å²) in [6, 6.07) is 7.79. The molecule has 2 aromatic heterocycles. The van der Waals surface area contributed by atoms with Gasteiger partial charge < -0.3 is 9.73 Å². The Bertz CT molecular complexity index is 708. The molecular formula is C13H10BrN3O. The number of pyridine rings is 1. The topological polar surface area (TPSA) is 51.0 Å². The van der Waals surface area contributed by atoms with E-state index in [9.17, 15) is 0 Å². The molecule has 90 valence electrons. The largest absolute Gasteiger partial charge is 0.443 e. The highest BCUT2D eigenvalue weighted by molar-refractivity contribution is 9.10. The summed E-state index contributed by atoms with van der Waals surface area (Å²) in [5.74, 6) is 0.831. The lowest BCUT2D eigenvalue weighted by Crippen LogP contribution is -1.96. The van der Waals surface area contributed by atoms with Crippen molar-refractivity contribution in [3.63, 3.8) is 0 Å². The van der Waals surface area contributed by atoms with Gasteiger partial charge in [0, 0.05) is 22.4 Å². The second kappa shape index (κ2) is 4.42. The third-order valence-electron chi connectivity index (χ3n) is 2.64. The van der Waals surface area contributed by atoms with E-state index < -0.39 is 0 Å². The van der Waals surface area contributed by atoms with Crippen LogP contribution in [0.3, 0.4) is 0 Å². The van der Waals surface area contributed by atoms with Gasteiger partial charge in [-0.1, -0.05) is 0 Å². The van der Waals surface area contributed by atoms with Crippen LogP contribution in [0.4, 0.5) is 11.5 Å². The minimum atomic E-state index is 0.759. The number of aromatic nitrogens is 2. The summed E-state index contributed by atoms with van der Waals surface area (Å²) in [6.07, 6.45) is 3.21. The van der Waals surface area contributed by atoms with Crippen molar-refractivity contribution in [2.45, 2.75) is 6.92 Å². The predicted molar refractivity (Wildman–Crippen MR) is 74.0 cm³/mol. The molecule has 0 bridgehead atoms. The first-order chi connectivity index (χ1) is 8.72. The fourth-order valence-electron chi connectivity index (χ4n) is 1.74. The van der Waals surface area contributed by atoms with Crippen molar-refractivity contribution in [1.82, 2.24) is 9.97 Å². The smallest absolute Gasteiger partial charge is 0.181 e. The minimum Gasteiger partial charge on any atom is -0.443 e. The molecule has 18 heavy (non-hydrogen) atoms. The molecule has 3 aromatic rings. The highest BCUT2D eigenvalue weighted by atomic mass is 79.9. The summed E-state index contributed by atoms with van der Waals surface area (Å²) in [5, 5.41) is 3.26. The van der Waals surface area contributed by atoms with Crippen LogP contribution < -0.4 is 5.32 Å². The van der Waals surface area contributed by atoms with Crippen LogP contribution >= 0.6 is 15.9 Å². The lowest BCUT2D eigenvalue weighted by Gasteiger charge is -2.08. The Morgan fingerprint density at radius 2 is 2.11 bits per heavy atom. The third-order valence-corrected chi connectivity index (χ3v) is 3.07. The molecule has 2 heterocycles. The summed E-state index contributed by atoms with van der Waals surface area (Å²) in [5.41, 5.74) is 3.61. The van der Waals surface area contributed by atoms with E-state index in [1.807, 2.05) is 31.2 Å². The maximum atomic E-state index is 5.27. The van der Waals surface area contributed by atoms with Crippen molar-refractivity contribution in [2.75, 3.05) is 5.32 Å². The minimum absolute atomic E-state index is 0.759. The van der Waals surface area contributed by atoms with E-state index in [-0.39, 0.29) is 0 Å². The van der Waals surface area contributed by atoms with Crippen LogP contribution in [0.15, 0.2) is 45.7 Å². The maximum absolute atomic E-state index is 5.27. The van der Waals surface area contributed by atoms with Crippen molar-refractivity contribution < 1.29 is 4.42 Å². The van der Waals surface area contributed by atoms with Gasteiger partial charge >= 0.3 is 0 Å². The zero-order valence-corrected chi connectivity index (χ0v) is 11.2. The number of fused-ring (bicyclic) bond motifs is 1. The highest BCUT2D eigenvalue weighted by Gasteiger charge is 2.04. The van der Waals surface area contributed by atoms with E-state index in [1.165, 1.54) is 6.39 Å². The molecule has 0 unspecified atom stereocenters. The molecule has 1 aromatic carbocycles. The molecule has 4 nitrogen and oxygen atoms in total. The Kier molecular flexibility index (Phi) is 2.76. The van der Waals surface area contributed by atoms with Gasteiger partial charge in [-0.3, -0.25) is 0 Å². The van der Waals surface area contributed by atoms with Gasteiger partial charge in [0.25, 0.3) is 0 Å².